The fraction of sp³-hybridized carbons (Fsp3) is 0.667. The van der Waals surface area contributed by atoms with Crippen LogP contribution in [0.1, 0.15) is 32.9 Å². The zero-order valence-corrected chi connectivity index (χ0v) is 10.5. The van der Waals surface area contributed by atoms with Gasteiger partial charge in [-0.05, 0) is 20.3 Å². The van der Waals surface area contributed by atoms with Gasteiger partial charge in [-0.3, -0.25) is 0 Å². The molecule has 0 aliphatic rings. The molecule has 90 valence electrons. The third-order valence-corrected chi connectivity index (χ3v) is 2.50. The lowest BCUT2D eigenvalue weighted by Crippen LogP contribution is -2.36. The normalized spacial score (nSPS) is 10.8. The van der Waals surface area contributed by atoms with Crippen LogP contribution in [-0.2, 0) is 6.42 Å². The largest absolute Gasteiger partial charge is 0.353 e. The molecule has 0 bridgehead atoms. The Bertz CT molecular complexity index is 312. The molecule has 0 fully saturated rings. The summed E-state index contributed by atoms with van der Waals surface area (Å²) in [5.74, 6) is 0.985. The van der Waals surface area contributed by atoms with Crippen LogP contribution in [0.3, 0.4) is 0 Å². The number of anilines is 1. The van der Waals surface area contributed by atoms with Crippen molar-refractivity contribution in [3.05, 3.63) is 18.1 Å². The van der Waals surface area contributed by atoms with Crippen molar-refractivity contribution in [2.75, 3.05) is 18.0 Å². The molecule has 0 spiro atoms. The molecule has 0 aliphatic carbocycles. The van der Waals surface area contributed by atoms with Crippen LogP contribution in [0.4, 0.5) is 5.82 Å². The Kier molecular flexibility index (Phi) is 5.19. The Morgan fingerprint density at radius 1 is 1.38 bits per heavy atom. The van der Waals surface area contributed by atoms with Gasteiger partial charge in [-0.25, -0.2) is 9.97 Å². The van der Waals surface area contributed by atoms with Gasteiger partial charge < -0.3 is 10.6 Å². The molecule has 0 saturated carbocycles. The first-order valence-electron chi connectivity index (χ1n) is 5.96. The van der Waals surface area contributed by atoms with E-state index in [-0.39, 0.29) is 0 Å². The molecule has 0 aromatic carbocycles. The summed E-state index contributed by atoms with van der Waals surface area (Å²) in [5, 5.41) is 0. The van der Waals surface area contributed by atoms with E-state index in [1.807, 2.05) is 0 Å². The summed E-state index contributed by atoms with van der Waals surface area (Å²) in [4.78, 5) is 10.8. The summed E-state index contributed by atoms with van der Waals surface area (Å²) in [6.07, 6.45) is 3.76. The second-order valence-electron chi connectivity index (χ2n) is 4.19. The first-order valence-corrected chi connectivity index (χ1v) is 5.96. The molecular weight excluding hydrogens is 200 g/mol. The van der Waals surface area contributed by atoms with Crippen LogP contribution < -0.4 is 10.6 Å². The average molecular weight is 222 g/mol. The van der Waals surface area contributed by atoms with Gasteiger partial charge in [-0.1, -0.05) is 13.3 Å². The first-order chi connectivity index (χ1) is 7.69. The van der Waals surface area contributed by atoms with E-state index in [1.54, 1.807) is 6.33 Å². The Hall–Kier alpha value is -1.16. The second kappa shape index (κ2) is 6.43. The minimum Gasteiger partial charge on any atom is -0.353 e. The minimum absolute atomic E-state index is 0.410. The molecule has 16 heavy (non-hydrogen) atoms. The minimum atomic E-state index is 0.410. The van der Waals surface area contributed by atoms with Crippen LogP contribution in [-0.4, -0.2) is 29.1 Å². The van der Waals surface area contributed by atoms with Crippen molar-refractivity contribution in [1.29, 1.82) is 0 Å². The molecule has 4 nitrogen and oxygen atoms in total. The topological polar surface area (TPSA) is 55.0 Å². The van der Waals surface area contributed by atoms with E-state index in [2.05, 4.69) is 41.7 Å². The lowest BCUT2D eigenvalue weighted by atomic mass is 10.2. The fourth-order valence-corrected chi connectivity index (χ4v) is 1.71. The Balaban J connectivity index is 2.86. The fourth-order valence-electron chi connectivity index (χ4n) is 1.71. The first kappa shape index (κ1) is 12.9. The number of hydrogen-bond donors (Lipinski definition) is 1. The summed E-state index contributed by atoms with van der Waals surface area (Å²) in [6.45, 7) is 7.93. The molecule has 0 saturated heterocycles. The Morgan fingerprint density at radius 2 is 2.12 bits per heavy atom. The molecule has 1 aromatic rings. The van der Waals surface area contributed by atoms with Crippen molar-refractivity contribution < 1.29 is 0 Å². The van der Waals surface area contributed by atoms with Crippen molar-refractivity contribution >= 4 is 5.82 Å². The van der Waals surface area contributed by atoms with E-state index < -0.39 is 0 Å². The molecule has 0 amide bonds. The molecule has 2 N–H and O–H groups in total. The molecular formula is C12H22N4. The highest BCUT2D eigenvalue weighted by Gasteiger charge is 2.11. The van der Waals surface area contributed by atoms with Gasteiger partial charge in [-0.15, -0.1) is 0 Å². The zero-order valence-electron chi connectivity index (χ0n) is 10.5. The van der Waals surface area contributed by atoms with Gasteiger partial charge in [0.15, 0.2) is 0 Å². The highest BCUT2D eigenvalue weighted by Crippen LogP contribution is 2.14. The maximum absolute atomic E-state index is 5.62. The highest BCUT2D eigenvalue weighted by atomic mass is 15.2. The third-order valence-electron chi connectivity index (χ3n) is 2.50. The maximum atomic E-state index is 5.62. The molecule has 1 aromatic heterocycles. The summed E-state index contributed by atoms with van der Waals surface area (Å²) < 4.78 is 0. The van der Waals surface area contributed by atoms with Gasteiger partial charge >= 0.3 is 0 Å². The molecule has 1 heterocycles. The van der Waals surface area contributed by atoms with Crippen molar-refractivity contribution in [3.8, 4) is 0 Å². The van der Waals surface area contributed by atoms with Crippen LogP contribution in [0.15, 0.2) is 12.4 Å². The number of hydrogen-bond acceptors (Lipinski definition) is 4. The summed E-state index contributed by atoms with van der Waals surface area (Å²) in [7, 11) is 0. The van der Waals surface area contributed by atoms with Gasteiger partial charge in [0.2, 0.25) is 0 Å². The molecule has 4 heteroatoms. The maximum Gasteiger partial charge on any atom is 0.132 e. The van der Waals surface area contributed by atoms with Crippen molar-refractivity contribution in [2.24, 2.45) is 5.73 Å². The van der Waals surface area contributed by atoms with Gasteiger partial charge in [-0.2, -0.15) is 0 Å². The van der Waals surface area contributed by atoms with Crippen LogP contribution in [0, 0.1) is 0 Å². The van der Waals surface area contributed by atoms with Gasteiger partial charge in [0.1, 0.15) is 12.1 Å². The standard InChI is InChI=1S/C12H22N4/c1-4-5-11-8-12(15-9-14-11)16(7-6-13)10(2)3/h8-10H,4-7,13H2,1-3H3. The summed E-state index contributed by atoms with van der Waals surface area (Å²) in [5.41, 5.74) is 6.72. The monoisotopic (exact) mass is 222 g/mol. The number of nitrogens with zero attached hydrogens (tertiary/aromatic N) is 3. The number of nitrogens with two attached hydrogens (primary N) is 1. The quantitative estimate of drug-likeness (QED) is 0.794. The molecule has 0 radical (unpaired) electrons. The summed E-state index contributed by atoms with van der Waals surface area (Å²) in [6, 6.07) is 2.48. The molecule has 0 unspecified atom stereocenters. The average Bonchev–Trinajstić information content (AvgIpc) is 2.26. The number of aromatic nitrogens is 2. The molecule has 1 rings (SSSR count). The van der Waals surface area contributed by atoms with Crippen LogP contribution in [0.2, 0.25) is 0 Å². The van der Waals surface area contributed by atoms with Gasteiger partial charge in [0.25, 0.3) is 0 Å². The highest BCUT2D eigenvalue weighted by molar-refractivity contribution is 5.39. The van der Waals surface area contributed by atoms with E-state index in [0.29, 0.717) is 12.6 Å². The summed E-state index contributed by atoms with van der Waals surface area (Å²) >= 11 is 0. The molecule has 0 atom stereocenters. The van der Waals surface area contributed by atoms with Crippen LogP contribution >= 0.6 is 0 Å². The second-order valence-corrected chi connectivity index (χ2v) is 4.19. The van der Waals surface area contributed by atoms with E-state index in [1.165, 1.54) is 0 Å². The predicted molar refractivity (Wildman–Crippen MR) is 67.6 cm³/mol. The predicted octanol–water partition coefficient (Wildman–Crippen LogP) is 1.60. The lowest BCUT2D eigenvalue weighted by Gasteiger charge is -2.27. The van der Waals surface area contributed by atoms with Crippen LogP contribution in [0.25, 0.3) is 0 Å². The van der Waals surface area contributed by atoms with E-state index in [4.69, 9.17) is 5.73 Å². The Labute approximate surface area is 97.9 Å². The SMILES string of the molecule is CCCc1cc(N(CCN)C(C)C)ncn1. The van der Waals surface area contributed by atoms with E-state index >= 15 is 0 Å². The van der Waals surface area contributed by atoms with Crippen molar-refractivity contribution in [1.82, 2.24) is 9.97 Å². The Morgan fingerprint density at radius 3 is 2.69 bits per heavy atom. The van der Waals surface area contributed by atoms with E-state index in [9.17, 15) is 0 Å². The van der Waals surface area contributed by atoms with E-state index in [0.717, 1.165) is 30.9 Å². The smallest absolute Gasteiger partial charge is 0.132 e. The van der Waals surface area contributed by atoms with Gasteiger partial charge in [0, 0.05) is 30.9 Å². The van der Waals surface area contributed by atoms with Crippen molar-refractivity contribution in [3.63, 3.8) is 0 Å². The zero-order chi connectivity index (χ0) is 12.0. The molecule has 0 aliphatic heterocycles. The third kappa shape index (κ3) is 3.45. The van der Waals surface area contributed by atoms with Crippen molar-refractivity contribution in [2.45, 2.75) is 39.7 Å². The van der Waals surface area contributed by atoms with Crippen LogP contribution in [0.5, 0.6) is 0 Å². The number of rotatable bonds is 6. The number of aryl methyl sites for hydroxylation is 1. The van der Waals surface area contributed by atoms with Gasteiger partial charge in [0.05, 0.1) is 0 Å². The lowest BCUT2D eigenvalue weighted by molar-refractivity contribution is 0.671.